The number of carbonyl (C=O) groups is 1. The highest BCUT2D eigenvalue weighted by molar-refractivity contribution is 5.92. The first-order valence-electron chi connectivity index (χ1n) is 9.79. The SMILES string of the molecule is CCCCc1ccc(CC(=O)Nc2ccc(OCCn3ccnc3)cc2)cc1. The minimum atomic E-state index is -0.0184. The number of benzene rings is 2. The summed E-state index contributed by atoms with van der Waals surface area (Å²) in [5.74, 6) is 0.760. The zero-order valence-electron chi connectivity index (χ0n) is 16.3. The first kappa shape index (κ1) is 19.7. The van der Waals surface area contributed by atoms with E-state index in [1.807, 2.05) is 47.2 Å². The van der Waals surface area contributed by atoms with E-state index in [0.717, 1.165) is 30.0 Å². The second kappa shape index (κ2) is 10.3. The van der Waals surface area contributed by atoms with Crippen LogP contribution in [0.2, 0.25) is 0 Å². The second-order valence-corrected chi connectivity index (χ2v) is 6.82. The summed E-state index contributed by atoms with van der Waals surface area (Å²) in [7, 11) is 0. The molecule has 0 saturated heterocycles. The molecular weight excluding hydrogens is 350 g/mol. The summed E-state index contributed by atoms with van der Waals surface area (Å²) >= 11 is 0. The van der Waals surface area contributed by atoms with Gasteiger partial charge in [0.2, 0.25) is 5.91 Å². The van der Waals surface area contributed by atoms with Gasteiger partial charge in [0.05, 0.1) is 19.3 Å². The molecule has 3 aromatic rings. The first-order valence-corrected chi connectivity index (χ1v) is 9.79. The molecule has 0 aliphatic rings. The fourth-order valence-corrected chi connectivity index (χ4v) is 2.92. The molecule has 0 spiro atoms. The molecule has 1 amide bonds. The van der Waals surface area contributed by atoms with Gasteiger partial charge in [0.25, 0.3) is 0 Å². The maximum absolute atomic E-state index is 12.3. The van der Waals surface area contributed by atoms with Gasteiger partial charge < -0.3 is 14.6 Å². The molecule has 0 atom stereocenters. The number of hydrogen-bond donors (Lipinski definition) is 1. The lowest BCUT2D eigenvalue weighted by atomic mass is 10.0. The van der Waals surface area contributed by atoms with Gasteiger partial charge in [-0.3, -0.25) is 4.79 Å². The van der Waals surface area contributed by atoms with Crippen LogP contribution in [0.3, 0.4) is 0 Å². The first-order chi connectivity index (χ1) is 13.7. The van der Waals surface area contributed by atoms with Crippen molar-refractivity contribution in [2.45, 2.75) is 39.2 Å². The highest BCUT2D eigenvalue weighted by atomic mass is 16.5. The fraction of sp³-hybridized carbons (Fsp3) is 0.304. The summed E-state index contributed by atoms with van der Waals surface area (Å²) in [6, 6.07) is 15.8. The Bertz CT molecular complexity index is 841. The van der Waals surface area contributed by atoms with Crippen molar-refractivity contribution in [1.29, 1.82) is 0 Å². The summed E-state index contributed by atoms with van der Waals surface area (Å²) in [5, 5.41) is 2.94. The number of rotatable bonds is 10. The number of imidazole rings is 1. The number of nitrogens with zero attached hydrogens (tertiary/aromatic N) is 2. The van der Waals surface area contributed by atoms with Gasteiger partial charge in [-0.2, -0.15) is 0 Å². The molecule has 0 aliphatic heterocycles. The number of aromatic nitrogens is 2. The summed E-state index contributed by atoms with van der Waals surface area (Å²) in [6.45, 7) is 3.50. The zero-order valence-corrected chi connectivity index (χ0v) is 16.3. The van der Waals surface area contributed by atoms with E-state index in [1.165, 1.54) is 18.4 Å². The molecule has 0 saturated carbocycles. The normalized spacial score (nSPS) is 10.6. The monoisotopic (exact) mass is 377 g/mol. The lowest BCUT2D eigenvalue weighted by Crippen LogP contribution is -2.14. The number of ether oxygens (including phenoxy) is 1. The third-order valence-corrected chi connectivity index (χ3v) is 4.52. The van der Waals surface area contributed by atoms with Gasteiger partial charge in [-0.25, -0.2) is 4.98 Å². The molecule has 0 unspecified atom stereocenters. The maximum Gasteiger partial charge on any atom is 0.228 e. The van der Waals surface area contributed by atoms with Crippen LogP contribution in [-0.2, 0) is 24.2 Å². The Balaban J connectivity index is 1.43. The highest BCUT2D eigenvalue weighted by Gasteiger charge is 2.05. The molecule has 0 bridgehead atoms. The Morgan fingerprint density at radius 3 is 2.50 bits per heavy atom. The topological polar surface area (TPSA) is 56.1 Å². The van der Waals surface area contributed by atoms with Crippen molar-refractivity contribution in [3.05, 3.63) is 78.4 Å². The third-order valence-electron chi connectivity index (χ3n) is 4.52. The minimum absolute atomic E-state index is 0.0184. The smallest absolute Gasteiger partial charge is 0.228 e. The van der Waals surface area contributed by atoms with Crippen molar-refractivity contribution < 1.29 is 9.53 Å². The van der Waals surface area contributed by atoms with Crippen molar-refractivity contribution in [2.24, 2.45) is 0 Å². The Hall–Kier alpha value is -3.08. The van der Waals surface area contributed by atoms with Gasteiger partial charge in [0, 0.05) is 18.1 Å². The van der Waals surface area contributed by atoms with Gasteiger partial charge >= 0.3 is 0 Å². The zero-order chi connectivity index (χ0) is 19.6. The quantitative estimate of drug-likeness (QED) is 0.566. The van der Waals surface area contributed by atoms with Crippen molar-refractivity contribution in [3.63, 3.8) is 0 Å². The maximum atomic E-state index is 12.3. The van der Waals surface area contributed by atoms with Crippen LogP contribution in [-0.4, -0.2) is 22.1 Å². The van der Waals surface area contributed by atoms with Crippen LogP contribution < -0.4 is 10.1 Å². The number of unbranched alkanes of at least 4 members (excludes halogenated alkanes) is 1. The number of nitrogens with one attached hydrogen (secondary N) is 1. The molecule has 0 aliphatic carbocycles. The van der Waals surface area contributed by atoms with Gasteiger partial charge in [-0.05, 0) is 48.2 Å². The Morgan fingerprint density at radius 2 is 1.82 bits per heavy atom. The molecule has 5 nitrogen and oxygen atoms in total. The van der Waals surface area contributed by atoms with Crippen LogP contribution in [0, 0.1) is 0 Å². The second-order valence-electron chi connectivity index (χ2n) is 6.82. The molecule has 1 aromatic heterocycles. The van der Waals surface area contributed by atoms with E-state index >= 15 is 0 Å². The summed E-state index contributed by atoms with van der Waals surface area (Å²) in [4.78, 5) is 16.3. The van der Waals surface area contributed by atoms with Crippen LogP contribution >= 0.6 is 0 Å². The Labute approximate surface area is 166 Å². The fourth-order valence-electron chi connectivity index (χ4n) is 2.92. The molecule has 0 radical (unpaired) electrons. The van der Waals surface area contributed by atoms with Crippen LogP contribution in [0.4, 0.5) is 5.69 Å². The molecular formula is C23H27N3O2. The molecule has 1 N–H and O–H groups in total. The average molecular weight is 377 g/mol. The van der Waals surface area contributed by atoms with Crippen molar-refractivity contribution in [1.82, 2.24) is 9.55 Å². The number of amides is 1. The molecule has 1 heterocycles. The summed E-state index contributed by atoms with van der Waals surface area (Å²) in [5.41, 5.74) is 3.12. The van der Waals surface area contributed by atoms with E-state index < -0.39 is 0 Å². The minimum Gasteiger partial charge on any atom is -0.492 e. The van der Waals surface area contributed by atoms with Crippen molar-refractivity contribution >= 4 is 11.6 Å². The average Bonchev–Trinajstić information content (AvgIpc) is 3.22. The number of aryl methyl sites for hydroxylation is 1. The predicted octanol–water partition coefficient (Wildman–Crippen LogP) is 4.49. The van der Waals surface area contributed by atoms with E-state index in [9.17, 15) is 4.79 Å². The van der Waals surface area contributed by atoms with Gasteiger partial charge in [-0.1, -0.05) is 37.6 Å². The number of carbonyl (C=O) groups excluding carboxylic acids is 1. The van der Waals surface area contributed by atoms with E-state index in [4.69, 9.17) is 4.74 Å². The molecule has 28 heavy (non-hydrogen) atoms. The van der Waals surface area contributed by atoms with Crippen molar-refractivity contribution in [2.75, 3.05) is 11.9 Å². The van der Waals surface area contributed by atoms with E-state index in [0.29, 0.717) is 13.0 Å². The number of hydrogen-bond acceptors (Lipinski definition) is 3. The van der Waals surface area contributed by atoms with Gasteiger partial charge in [0.1, 0.15) is 12.4 Å². The molecule has 3 rings (SSSR count). The van der Waals surface area contributed by atoms with Crippen LogP contribution in [0.1, 0.15) is 30.9 Å². The summed E-state index contributed by atoms with van der Waals surface area (Å²) in [6.07, 6.45) is 9.28. The van der Waals surface area contributed by atoms with Crippen LogP contribution in [0.5, 0.6) is 5.75 Å². The highest BCUT2D eigenvalue weighted by Crippen LogP contribution is 2.16. The van der Waals surface area contributed by atoms with E-state index in [-0.39, 0.29) is 5.91 Å². The molecule has 0 fully saturated rings. The largest absolute Gasteiger partial charge is 0.492 e. The summed E-state index contributed by atoms with van der Waals surface area (Å²) < 4.78 is 7.68. The van der Waals surface area contributed by atoms with Crippen LogP contribution in [0.15, 0.2) is 67.3 Å². The molecule has 5 heteroatoms. The lowest BCUT2D eigenvalue weighted by molar-refractivity contribution is -0.115. The Kier molecular flexibility index (Phi) is 7.24. The Morgan fingerprint density at radius 1 is 1.07 bits per heavy atom. The van der Waals surface area contributed by atoms with Gasteiger partial charge in [-0.15, -0.1) is 0 Å². The lowest BCUT2D eigenvalue weighted by Gasteiger charge is -2.09. The number of anilines is 1. The standard InChI is InChI=1S/C23H27N3O2/c1-2-3-4-19-5-7-20(8-6-19)17-23(27)25-21-9-11-22(12-10-21)28-16-15-26-14-13-24-18-26/h5-14,18H,2-4,15-17H2,1H3,(H,25,27). The predicted molar refractivity (Wildman–Crippen MR) is 112 cm³/mol. The van der Waals surface area contributed by atoms with Gasteiger partial charge in [0.15, 0.2) is 0 Å². The molecule has 146 valence electrons. The van der Waals surface area contributed by atoms with Crippen LogP contribution in [0.25, 0.3) is 0 Å². The van der Waals surface area contributed by atoms with E-state index in [1.54, 1.807) is 12.5 Å². The third kappa shape index (κ3) is 6.27. The van der Waals surface area contributed by atoms with E-state index in [2.05, 4.69) is 29.4 Å². The molecule has 2 aromatic carbocycles. The van der Waals surface area contributed by atoms with Crippen molar-refractivity contribution in [3.8, 4) is 5.75 Å².